The van der Waals surface area contributed by atoms with Crippen LogP contribution < -0.4 is 16.4 Å². The van der Waals surface area contributed by atoms with Crippen molar-refractivity contribution < 1.29 is 14.3 Å². The predicted molar refractivity (Wildman–Crippen MR) is 143 cm³/mol. The van der Waals surface area contributed by atoms with Crippen molar-refractivity contribution in [2.24, 2.45) is 0 Å². The lowest BCUT2D eigenvalue weighted by Crippen LogP contribution is -2.29. The number of aromatic nitrogens is 4. The van der Waals surface area contributed by atoms with Crippen molar-refractivity contribution in [3.05, 3.63) is 89.5 Å². The summed E-state index contributed by atoms with van der Waals surface area (Å²) in [6.07, 6.45) is 5.74. The van der Waals surface area contributed by atoms with Crippen molar-refractivity contribution in [3.8, 4) is 11.3 Å². The average molecular weight is 532 g/mol. The number of nitrogen functional groups attached to an aromatic ring is 1. The van der Waals surface area contributed by atoms with Crippen LogP contribution in [0.25, 0.3) is 11.3 Å². The van der Waals surface area contributed by atoms with E-state index in [0.717, 1.165) is 25.9 Å². The summed E-state index contributed by atoms with van der Waals surface area (Å²) in [5.74, 6) is -1.54. The minimum Gasteiger partial charge on any atom is -0.442 e. The van der Waals surface area contributed by atoms with E-state index in [2.05, 4.69) is 25.7 Å². The number of ether oxygens (including phenoxy) is 1. The zero-order valence-corrected chi connectivity index (χ0v) is 21.1. The highest BCUT2D eigenvalue weighted by Crippen LogP contribution is 2.26. The van der Waals surface area contributed by atoms with Crippen molar-refractivity contribution >= 4 is 35.0 Å². The lowest BCUT2D eigenvalue weighted by molar-refractivity contribution is -0.125. The lowest BCUT2D eigenvalue weighted by atomic mass is 10.1. The molecule has 0 radical (unpaired) electrons. The van der Waals surface area contributed by atoms with Crippen LogP contribution in [-0.4, -0.2) is 44.7 Å². The molecule has 5 rings (SSSR count). The minimum absolute atomic E-state index is 0.105. The van der Waals surface area contributed by atoms with Gasteiger partial charge in [-0.15, -0.1) is 0 Å². The van der Waals surface area contributed by atoms with Crippen LogP contribution in [-0.2, 0) is 9.53 Å². The monoisotopic (exact) mass is 531 g/mol. The van der Waals surface area contributed by atoms with Crippen LogP contribution in [0.5, 0.6) is 0 Å². The molecular formula is C27H26ClN7O3. The quantitative estimate of drug-likeness (QED) is 0.304. The molecule has 11 heteroatoms. The van der Waals surface area contributed by atoms with Gasteiger partial charge in [0.25, 0.3) is 5.91 Å². The maximum atomic E-state index is 13.3. The van der Waals surface area contributed by atoms with Crippen molar-refractivity contribution in [3.63, 3.8) is 0 Å². The summed E-state index contributed by atoms with van der Waals surface area (Å²) in [6.45, 7) is 1.87. The van der Waals surface area contributed by atoms with E-state index in [9.17, 15) is 9.59 Å². The molecule has 3 heterocycles. The fourth-order valence-corrected chi connectivity index (χ4v) is 4.46. The van der Waals surface area contributed by atoms with E-state index in [4.69, 9.17) is 22.1 Å². The van der Waals surface area contributed by atoms with Gasteiger partial charge in [0.05, 0.1) is 24.1 Å². The molecular weight excluding hydrogens is 506 g/mol. The number of piperidine rings is 1. The lowest BCUT2D eigenvalue weighted by Gasteiger charge is -2.22. The fraction of sp³-hybridized carbons (Fsp3) is 0.222. The second-order valence-corrected chi connectivity index (χ2v) is 9.31. The first-order valence-electron chi connectivity index (χ1n) is 12.2. The molecule has 0 aliphatic carbocycles. The van der Waals surface area contributed by atoms with Crippen molar-refractivity contribution in [1.29, 1.82) is 0 Å². The molecule has 2 aromatic carbocycles. The number of halogens is 1. The van der Waals surface area contributed by atoms with E-state index in [1.165, 1.54) is 6.20 Å². The number of hydrogen-bond donors (Lipinski definition) is 3. The van der Waals surface area contributed by atoms with Crippen molar-refractivity contribution in [2.75, 3.05) is 24.1 Å². The molecule has 1 aliphatic rings. The normalized spacial score (nSPS) is 14.6. The van der Waals surface area contributed by atoms with E-state index >= 15 is 0 Å². The standard InChI is InChI=1S/C27H26ClN7O3/c28-19-7-4-8-20(13-19)33-26(36)24(17-5-2-1-3-6-17)38-27(37)23-25(29)31-15-22(34-23)18-14-32-35(16-18)21-9-11-30-12-10-21/h1-8,13-16,21,24,30H,9-12H2,(H2,29,31)(H,33,36)/t24-/m1/s1. The zero-order valence-electron chi connectivity index (χ0n) is 20.4. The van der Waals surface area contributed by atoms with Crippen LogP contribution in [0, 0.1) is 0 Å². The molecule has 1 aliphatic heterocycles. The molecule has 0 saturated carbocycles. The highest BCUT2D eigenvalue weighted by molar-refractivity contribution is 6.30. The topological polar surface area (TPSA) is 137 Å². The third kappa shape index (κ3) is 5.82. The number of nitrogens with one attached hydrogen (secondary N) is 2. The van der Waals surface area contributed by atoms with Gasteiger partial charge < -0.3 is 21.1 Å². The molecule has 38 heavy (non-hydrogen) atoms. The fourth-order valence-electron chi connectivity index (χ4n) is 4.27. The number of anilines is 2. The third-order valence-electron chi connectivity index (χ3n) is 6.23. The second kappa shape index (κ2) is 11.4. The number of carbonyl (C=O) groups is 2. The number of rotatable bonds is 7. The van der Waals surface area contributed by atoms with Gasteiger partial charge in [-0.2, -0.15) is 5.10 Å². The molecule has 2 aromatic heterocycles. The van der Waals surface area contributed by atoms with Crippen LogP contribution in [0.1, 0.15) is 41.0 Å². The van der Waals surface area contributed by atoms with Crippen molar-refractivity contribution in [2.45, 2.75) is 25.0 Å². The summed E-state index contributed by atoms with van der Waals surface area (Å²) in [6, 6.07) is 15.6. The van der Waals surface area contributed by atoms with Gasteiger partial charge in [0, 0.05) is 28.0 Å². The van der Waals surface area contributed by atoms with Gasteiger partial charge in [-0.3, -0.25) is 9.48 Å². The predicted octanol–water partition coefficient (Wildman–Crippen LogP) is 4.04. The maximum absolute atomic E-state index is 13.3. The second-order valence-electron chi connectivity index (χ2n) is 8.87. The molecule has 194 valence electrons. The van der Waals surface area contributed by atoms with Gasteiger partial charge in [-0.05, 0) is 44.1 Å². The van der Waals surface area contributed by atoms with Gasteiger partial charge in [-0.25, -0.2) is 14.8 Å². The van der Waals surface area contributed by atoms with Crippen molar-refractivity contribution in [1.82, 2.24) is 25.1 Å². The van der Waals surface area contributed by atoms with Crippen LogP contribution in [0.3, 0.4) is 0 Å². The number of carbonyl (C=O) groups excluding carboxylic acids is 2. The minimum atomic E-state index is -1.27. The summed E-state index contributed by atoms with van der Waals surface area (Å²) in [5.41, 5.74) is 7.88. The Morgan fingerprint density at radius 2 is 1.89 bits per heavy atom. The Morgan fingerprint density at radius 1 is 1.11 bits per heavy atom. The maximum Gasteiger partial charge on any atom is 0.361 e. The molecule has 1 saturated heterocycles. The van der Waals surface area contributed by atoms with Gasteiger partial charge in [-0.1, -0.05) is 48.0 Å². The van der Waals surface area contributed by atoms with Gasteiger partial charge >= 0.3 is 5.97 Å². The SMILES string of the molecule is Nc1ncc(-c2cnn(C3CCNCC3)c2)nc1C(=O)O[C@@H](C(=O)Nc1cccc(Cl)c1)c1ccccc1. The zero-order chi connectivity index (χ0) is 26.5. The molecule has 0 unspecified atom stereocenters. The number of nitrogens with two attached hydrogens (primary N) is 1. The summed E-state index contributed by atoms with van der Waals surface area (Å²) in [4.78, 5) is 35.0. The van der Waals surface area contributed by atoms with Crippen LogP contribution in [0.2, 0.25) is 5.02 Å². The molecule has 10 nitrogen and oxygen atoms in total. The average Bonchev–Trinajstić information content (AvgIpc) is 3.43. The van der Waals surface area contributed by atoms with E-state index in [-0.39, 0.29) is 11.5 Å². The Morgan fingerprint density at radius 3 is 2.66 bits per heavy atom. The first-order chi connectivity index (χ1) is 18.5. The molecule has 0 spiro atoms. The first-order valence-corrected chi connectivity index (χ1v) is 12.6. The number of amides is 1. The Kier molecular flexibility index (Phi) is 7.62. The number of nitrogens with zero attached hydrogens (tertiary/aromatic N) is 4. The molecule has 1 atom stereocenters. The van der Waals surface area contributed by atoms with E-state index in [0.29, 0.717) is 33.6 Å². The molecule has 4 aromatic rings. The number of hydrogen-bond acceptors (Lipinski definition) is 8. The Hall–Kier alpha value is -4.28. The summed E-state index contributed by atoms with van der Waals surface area (Å²) in [5, 5.41) is 11.0. The largest absolute Gasteiger partial charge is 0.442 e. The highest BCUT2D eigenvalue weighted by atomic mass is 35.5. The third-order valence-corrected chi connectivity index (χ3v) is 6.47. The summed E-state index contributed by atoms with van der Waals surface area (Å²) < 4.78 is 7.58. The van der Waals surface area contributed by atoms with Crippen LogP contribution in [0.15, 0.2) is 73.2 Å². The van der Waals surface area contributed by atoms with E-state index < -0.39 is 18.0 Å². The first kappa shape index (κ1) is 25.4. The number of benzene rings is 2. The Bertz CT molecular complexity index is 1440. The Balaban J connectivity index is 1.38. The van der Waals surface area contributed by atoms with E-state index in [1.54, 1.807) is 60.8 Å². The molecule has 0 bridgehead atoms. The molecule has 4 N–H and O–H groups in total. The van der Waals surface area contributed by atoms with Gasteiger partial charge in [0.2, 0.25) is 6.10 Å². The van der Waals surface area contributed by atoms with Crippen LogP contribution in [0.4, 0.5) is 11.5 Å². The highest BCUT2D eigenvalue weighted by Gasteiger charge is 2.28. The van der Waals surface area contributed by atoms with Gasteiger partial charge in [0.15, 0.2) is 11.5 Å². The molecule has 1 amide bonds. The van der Waals surface area contributed by atoms with Gasteiger partial charge in [0.1, 0.15) is 0 Å². The summed E-state index contributed by atoms with van der Waals surface area (Å²) in [7, 11) is 0. The van der Waals surface area contributed by atoms with Crippen LogP contribution >= 0.6 is 11.6 Å². The summed E-state index contributed by atoms with van der Waals surface area (Å²) >= 11 is 6.04. The smallest absolute Gasteiger partial charge is 0.361 e. The van der Waals surface area contributed by atoms with E-state index in [1.807, 2.05) is 10.9 Å². The molecule has 1 fully saturated rings. The Labute approximate surface area is 224 Å². The number of esters is 1.